The largest absolute Gasteiger partial charge is 0.462 e. The quantitative estimate of drug-likeness (QED) is 0.434. The fourth-order valence-corrected chi connectivity index (χ4v) is 1.73. The van der Waals surface area contributed by atoms with Crippen LogP contribution in [-0.4, -0.2) is 17.9 Å². The van der Waals surface area contributed by atoms with Crippen molar-refractivity contribution < 1.29 is 14.3 Å². The summed E-state index contributed by atoms with van der Waals surface area (Å²) < 4.78 is 4.97. The number of Topliss-reactive ketones (excluding diaryl/α,β-unsaturated/α-hetero) is 1. The monoisotopic (exact) mass is 210 g/mol. The number of hydrogen-bond acceptors (Lipinski definition) is 4. The Kier molecular flexibility index (Phi) is 2.63. The highest BCUT2D eigenvalue weighted by molar-refractivity contribution is 7.12. The Morgan fingerprint density at radius 1 is 1.50 bits per heavy atom. The molecule has 0 saturated heterocycles. The molecule has 0 aromatic carbocycles. The number of ether oxygens (including phenoxy) is 1. The lowest BCUT2D eigenvalue weighted by molar-refractivity contribution is -0.143. The summed E-state index contributed by atoms with van der Waals surface area (Å²) in [5.74, 6) is -0.545. The summed E-state index contributed by atoms with van der Waals surface area (Å²) in [7, 11) is 0. The highest BCUT2D eigenvalue weighted by Crippen LogP contribution is 2.24. The summed E-state index contributed by atoms with van der Waals surface area (Å²) >= 11 is 1.35. The Balaban J connectivity index is 1.84. The summed E-state index contributed by atoms with van der Waals surface area (Å²) in [6.45, 7) is 0. The normalized spacial score (nSPS) is 15.1. The first-order valence-corrected chi connectivity index (χ1v) is 5.40. The van der Waals surface area contributed by atoms with E-state index in [1.165, 1.54) is 11.3 Å². The molecule has 0 bridgehead atoms. The van der Waals surface area contributed by atoms with Gasteiger partial charge >= 0.3 is 5.97 Å². The van der Waals surface area contributed by atoms with Gasteiger partial charge in [0.1, 0.15) is 12.5 Å². The first-order chi connectivity index (χ1) is 6.75. The lowest BCUT2D eigenvalue weighted by Crippen LogP contribution is -2.11. The molecule has 3 nitrogen and oxygen atoms in total. The summed E-state index contributed by atoms with van der Waals surface area (Å²) in [5, 5.41) is 1.82. The molecule has 0 spiro atoms. The lowest BCUT2D eigenvalue weighted by atomic mass is 10.2. The summed E-state index contributed by atoms with van der Waals surface area (Å²) in [6.07, 6.45) is 1.84. The van der Waals surface area contributed by atoms with Crippen molar-refractivity contribution >= 4 is 23.1 Å². The van der Waals surface area contributed by atoms with Gasteiger partial charge in [0.15, 0.2) is 5.78 Å². The zero-order chi connectivity index (χ0) is 9.97. The van der Waals surface area contributed by atoms with Gasteiger partial charge < -0.3 is 4.74 Å². The smallest absolute Gasteiger partial charge is 0.314 e. The molecular weight excluding hydrogens is 200 g/mol. The first-order valence-electron chi connectivity index (χ1n) is 4.52. The van der Waals surface area contributed by atoms with Gasteiger partial charge in [-0.05, 0) is 24.3 Å². The molecule has 0 atom stereocenters. The Hall–Kier alpha value is -1.16. The minimum absolute atomic E-state index is 0.0821. The number of ketones is 1. The van der Waals surface area contributed by atoms with Gasteiger partial charge in [-0.25, -0.2) is 0 Å². The molecule has 14 heavy (non-hydrogen) atoms. The molecule has 1 fully saturated rings. The maximum Gasteiger partial charge on any atom is 0.314 e. The molecule has 0 unspecified atom stereocenters. The minimum Gasteiger partial charge on any atom is -0.462 e. The fourth-order valence-electron chi connectivity index (χ4n) is 1.07. The number of hydrogen-bond donors (Lipinski definition) is 0. The summed E-state index contributed by atoms with van der Waals surface area (Å²) in [5.41, 5.74) is 0. The van der Waals surface area contributed by atoms with E-state index in [4.69, 9.17) is 4.74 Å². The Morgan fingerprint density at radius 2 is 2.29 bits per heavy atom. The predicted octanol–water partition coefficient (Wildman–Crippen LogP) is 2.03. The molecule has 1 heterocycles. The Labute approximate surface area is 85.7 Å². The third-order valence-electron chi connectivity index (χ3n) is 1.92. The van der Waals surface area contributed by atoms with Crippen LogP contribution in [0.2, 0.25) is 0 Å². The standard InChI is InChI=1S/C10H10O3S/c11-8(9-2-1-5-14-9)6-10(12)13-7-3-4-7/h1-2,5,7H,3-4,6H2. The van der Waals surface area contributed by atoms with E-state index in [1.807, 2.05) is 5.38 Å². The van der Waals surface area contributed by atoms with E-state index in [-0.39, 0.29) is 18.3 Å². The number of thiophene rings is 1. The van der Waals surface area contributed by atoms with Gasteiger partial charge in [-0.3, -0.25) is 9.59 Å². The molecule has 0 aliphatic heterocycles. The molecule has 1 saturated carbocycles. The zero-order valence-corrected chi connectivity index (χ0v) is 8.38. The van der Waals surface area contributed by atoms with Crippen molar-refractivity contribution in [1.29, 1.82) is 0 Å². The van der Waals surface area contributed by atoms with Crippen molar-refractivity contribution in [2.45, 2.75) is 25.4 Å². The maximum atomic E-state index is 11.4. The third-order valence-corrected chi connectivity index (χ3v) is 2.83. The van der Waals surface area contributed by atoms with Gasteiger partial charge in [0.05, 0.1) is 4.88 Å². The van der Waals surface area contributed by atoms with Crippen LogP contribution in [0, 0.1) is 0 Å². The van der Waals surface area contributed by atoms with E-state index in [0.717, 1.165) is 12.8 Å². The molecule has 1 aliphatic rings. The van der Waals surface area contributed by atoms with Crippen molar-refractivity contribution in [3.8, 4) is 0 Å². The topological polar surface area (TPSA) is 43.4 Å². The first kappa shape index (κ1) is 9.40. The lowest BCUT2D eigenvalue weighted by Gasteiger charge is -2.00. The highest BCUT2D eigenvalue weighted by Gasteiger charge is 2.26. The summed E-state index contributed by atoms with van der Waals surface area (Å²) in [6, 6.07) is 3.52. The molecule has 74 valence electrons. The Bertz CT molecular complexity index is 338. The van der Waals surface area contributed by atoms with Crippen molar-refractivity contribution in [3.63, 3.8) is 0 Å². The van der Waals surface area contributed by atoms with Gasteiger partial charge in [0.25, 0.3) is 0 Å². The van der Waals surface area contributed by atoms with E-state index in [2.05, 4.69) is 0 Å². The summed E-state index contributed by atoms with van der Waals surface area (Å²) in [4.78, 5) is 23.2. The van der Waals surface area contributed by atoms with Crippen LogP contribution in [-0.2, 0) is 9.53 Å². The van der Waals surface area contributed by atoms with Gasteiger partial charge in [0.2, 0.25) is 0 Å². The number of esters is 1. The van der Waals surface area contributed by atoms with Crippen LogP contribution < -0.4 is 0 Å². The van der Waals surface area contributed by atoms with Crippen molar-refractivity contribution in [3.05, 3.63) is 22.4 Å². The van der Waals surface area contributed by atoms with E-state index in [1.54, 1.807) is 12.1 Å². The molecule has 1 aliphatic carbocycles. The van der Waals surface area contributed by atoms with E-state index < -0.39 is 5.97 Å². The number of carbonyl (C=O) groups excluding carboxylic acids is 2. The van der Waals surface area contributed by atoms with Gasteiger partial charge in [-0.15, -0.1) is 11.3 Å². The number of rotatable bonds is 4. The van der Waals surface area contributed by atoms with Crippen LogP contribution in [0.1, 0.15) is 28.9 Å². The van der Waals surface area contributed by atoms with E-state index >= 15 is 0 Å². The number of carbonyl (C=O) groups is 2. The van der Waals surface area contributed by atoms with E-state index in [9.17, 15) is 9.59 Å². The highest BCUT2D eigenvalue weighted by atomic mass is 32.1. The SMILES string of the molecule is O=C(CC(=O)c1cccs1)OC1CC1. The molecule has 1 aromatic heterocycles. The minimum atomic E-state index is -0.397. The van der Waals surface area contributed by atoms with Crippen molar-refractivity contribution in [1.82, 2.24) is 0 Å². The second-order valence-corrected chi connectivity index (χ2v) is 4.21. The van der Waals surface area contributed by atoms with Crippen LogP contribution in [0.4, 0.5) is 0 Å². The van der Waals surface area contributed by atoms with Crippen LogP contribution in [0.5, 0.6) is 0 Å². The fraction of sp³-hybridized carbons (Fsp3) is 0.400. The molecule has 0 N–H and O–H groups in total. The van der Waals surface area contributed by atoms with Crippen LogP contribution in [0.25, 0.3) is 0 Å². The predicted molar refractivity (Wildman–Crippen MR) is 52.4 cm³/mol. The average molecular weight is 210 g/mol. The van der Waals surface area contributed by atoms with Crippen LogP contribution in [0.3, 0.4) is 0 Å². The van der Waals surface area contributed by atoms with Crippen molar-refractivity contribution in [2.24, 2.45) is 0 Å². The Morgan fingerprint density at radius 3 is 2.86 bits per heavy atom. The maximum absolute atomic E-state index is 11.4. The van der Waals surface area contributed by atoms with Gasteiger partial charge in [0, 0.05) is 0 Å². The molecule has 2 rings (SSSR count). The average Bonchev–Trinajstić information content (AvgIpc) is 2.80. The molecule has 4 heteroatoms. The molecular formula is C10H10O3S. The second kappa shape index (κ2) is 3.92. The van der Waals surface area contributed by atoms with Crippen LogP contribution in [0.15, 0.2) is 17.5 Å². The van der Waals surface area contributed by atoms with Crippen molar-refractivity contribution in [2.75, 3.05) is 0 Å². The van der Waals surface area contributed by atoms with Gasteiger partial charge in [-0.1, -0.05) is 6.07 Å². The van der Waals surface area contributed by atoms with Crippen LogP contribution >= 0.6 is 11.3 Å². The molecule has 0 radical (unpaired) electrons. The van der Waals surface area contributed by atoms with Gasteiger partial charge in [-0.2, -0.15) is 0 Å². The van der Waals surface area contributed by atoms with E-state index in [0.29, 0.717) is 4.88 Å². The molecule has 0 amide bonds. The third kappa shape index (κ3) is 2.42. The second-order valence-electron chi connectivity index (χ2n) is 3.27. The molecule has 1 aromatic rings. The zero-order valence-electron chi connectivity index (χ0n) is 7.56.